The molecular formula is C20H23S+. The normalized spacial score (nSPS) is 13.4. The van der Waals surface area contributed by atoms with Gasteiger partial charge in [0, 0.05) is 0 Å². The first-order chi connectivity index (χ1) is 10.4. The second kappa shape index (κ2) is 8.53. The van der Waals surface area contributed by atoms with Gasteiger partial charge in [0.25, 0.3) is 0 Å². The van der Waals surface area contributed by atoms with Gasteiger partial charge < -0.3 is 0 Å². The van der Waals surface area contributed by atoms with Gasteiger partial charge in [-0.2, -0.15) is 0 Å². The van der Waals surface area contributed by atoms with Crippen molar-refractivity contribution < 1.29 is 0 Å². The molecule has 0 spiro atoms. The topological polar surface area (TPSA) is 0 Å². The molecule has 21 heavy (non-hydrogen) atoms. The zero-order valence-corrected chi connectivity index (χ0v) is 13.6. The lowest BCUT2D eigenvalue weighted by Gasteiger charge is -2.10. The summed E-state index contributed by atoms with van der Waals surface area (Å²) in [5.74, 6) is 0. The summed E-state index contributed by atoms with van der Waals surface area (Å²) in [6.45, 7) is 4.00. The molecule has 0 aliphatic heterocycles. The molecule has 1 heteroatoms. The van der Waals surface area contributed by atoms with E-state index in [1.807, 2.05) is 13.8 Å². The highest BCUT2D eigenvalue weighted by atomic mass is 32.2. The van der Waals surface area contributed by atoms with Crippen molar-refractivity contribution in [2.75, 3.05) is 0 Å². The Morgan fingerprint density at radius 2 is 1.24 bits per heavy atom. The van der Waals surface area contributed by atoms with Crippen molar-refractivity contribution in [2.45, 2.75) is 36.5 Å². The minimum Gasteiger partial charge on any atom is -0.0792 e. The molecule has 0 heterocycles. The zero-order valence-electron chi connectivity index (χ0n) is 12.8. The van der Waals surface area contributed by atoms with Crippen LogP contribution in [0.3, 0.4) is 0 Å². The van der Waals surface area contributed by atoms with Crippen molar-refractivity contribution in [2.24, 2.45) is 0 Å². The van der Waals surface area contributed by atoms with E-state index in [0.29, 0.717) is 0 Å². The highest BCUT2D eigenvalue weighted by Gasteiger charge is 2.29. The molecule has 0 amide bonds. The Morgan fingerprint density at radius 3 is 1.67 bits per heavy atom. The number of hydrogen-bond acceptors (Lipinski definition) is 0. The quantitative estimate of drug-likeness (QED) is 0.611. The molecule has 0 fully saturated rings. The van der Waals surface area contributed by atoms with Crippen molar-refractivity contribution in [1.29, 1.82) is 0 Å². The van der Waals surface area contributed by atoms with Crippen molar-refractivity contribution in [1.82, 2.24) is 0 Å². The summed E-state index contributed by atoms with van der Waals surface area (Å²) in [5.41, 5.74) is 0. The van der Waals surface area contributed by atoms with E-state index < -0.39 is 0 Å². The lowest BCUT2D eigenvalue weighted by molar-refractivity contribution is 1.03. The lowest BCUT2D eigenvalue weighted by atomic mass is 10.2. The molecule has 0 saturated heterocycles. The van der Waals surface area contributed by atoms with Gasteiger partial charge in [-0.15, -0.1) is 0 Å². The minimum atomic E-state index is 0.0366. The fraction of sp³-hybridized carbons (Fsp3) is 0.200. The molecule has 0 saturated carbocycles. The van der Waals surface area contributed by atoms with Gasteiger partial charge in [0.05, 0.1) is 10.9 Å². The predicted molar refractivity (Wildman–Crippen MR) is 94.6 cm³/mol. The highest BCUT2D eigenvalue weighted by molar-refractivity contribution is 8.00. The molecule has 108 valence electrons. The third kappa shape index (κ3) is 4.12. The number of rotatable bonds is 3. The number of hydrogen-bond donors (Lipinski definition) is 0. The molecule has 2 aromatic carbocycles. The average molecular weight is 295 g/mol. The van der Waals surface area contributed by atoms with E-state index in [-0.39, 0.29) is 10.9 Å². The van der Waals surface area contributed by atoms with E-state index >= 15 is 0 Å². The second-order valence-electron chi connectivity index (χ2n) is 4.52. The van der Waals surface area contributed by atoms with Gasteiger partial charge >= 0.3 is 0 Å². The van der Waals surface area contributed by atoms with Crippen molar-refractivity contribution in [3.05, 3.63) is 83.8 Å². The van der Waals surface area contributed by atoms with Crippen LogP contribution in [0.1, 0.15) is 26.7 Å². The third-order valence-corrected chi connectivity index (χ3v) is 5.42. The fourth-order valence-electron chi connectivity index (χ4n) is 2.26. The molecule has 0 aromatic heterocycles. The first-order valence-electron chi connectivity index (χ1n) is 7.66. The van der Waals surface area contributed by atoms with Gasteiger partial charge in [-0.25, -0.2) is 0 Å². The van der Waals surface area contributed by atoms with Crippen LogP contribution in [0, 0.1) is 0 Å². The van der Waals surface area contributed by atoms with Crippen molar-refractivity contribution >= 4 is 10.9 Å². The molecule has 2 aromatic rings. The smallest absolute Gasteiger partial charge is 0.0792 e. The van der Waals surface area contributed by atoms with E-state index in [4.69, 9.17) is 0 Å². The first kappa shape index (κ1) is 15.7. The van der Waals surface area contributed by atoms with Crippen LogP contribution in [0.2, 0.25) is 0 Å². The maximum absolute atomic E-state index is 2.39. The Labute approximate surface area is 131 Å². The van der Waals surface area contributed by atoms with E-state index in [0.717, 1.165) is 6.42 Å². The molecule has 0 radical (unpaired) electrons. The summed E-state index contributed by atoms with van der Waals surface area (Å²) >= 11 is 0. The minimum absolute atomic E-state index is 0.0366. The molecule has 0 unspecified atom stereocenters. The summed E-state index contributed by atoms with van der Waals surface area (Å²) in [6, 6.07) is 21.6. The molecule has 0 atom stereocenters. The maximum atomic E-state index is 2.39. The Morgan fingerprint density at radius 1 is 0.714 bits per heavy atom. The standard InChI is InChI=1S/C18H17S.C2H6/c1-4-10-16(11-5-1)19(17-12-6-2-7-13-17)18-14-8-3-9-15-18;1-2/h1-2,4-8,10-15H,3,9H2;1-2H3/q+1;. The third-order valence-electron chi connectivity index (χ3n) is 3.15. The fourth-order valence-corrected chi connectivity index (χ4v) is 4.45. The van der Waals surface area contributed by atoms with Gasteiger partial charge in [0.15, 0.2) is 14.7 Å². The van der Waals surface area contributed by atoms with Gasteiger partial charge in [-0.1, -0.05) is 56.3 Å². The summed E-state index contributed by atoms with van der Waals surface area (Å²) in [6.07, 6.45) is 9.32. The molecule has 0 nitrogen and oxygen atoms in total. The van der Waals surface area contributed by atoms with Crippen LogP contribution >= 0.6 is 0 Å². The largest absolute Gasteiger partial charge is 0.166 e. The lowest BCUT2D eigenvalue weighted by Crippen LogP contribution is -2.06. The molecule has 0 bridgehead atoms. The van der Waals surface area contributed by atoms with Crippen LogP contribution in [0.5, 0.6) is 0 Å². The summed E-state index contributed by atoms with van der Waals surface area (Å²) in [5, 5.41) is 0. The molecule has 1 aliphatic rings. The van der Waals surface area contributed by atoms with Gasteiger partial charge in [-0.3, -0.25) is 0 Å². The maximum Gasteiger partial charge on any atom is 0.166 e. The van der Waals surface area contributed by atoms with E-state index in [9.17, 15) is 0 Å². The van der Waals surface area contributed by atoms with Crippen molar-refractivity contribution in [3.8, 4) is 0 Å². The van der Waals surface area contributed by atoms with E-state index in [2.05, 4.69) is 78.9 Å². The van der Waals surface area contributed by atoms with Crippen LogP contribution in [-0.2, 0) is 10.9 Å². The van der Waals surface area contributed by atoms with Gasteiger partial charge in [0.2, 0.25) is 0 Å². The van der Waals surface area contributed by atoms with Crippen LogP contribution in [0.4, 0.5) is 0 Å². The van der Waals surface area contributed by atoms with Crippen LogP contribution in [-0.4, -0.2) is 0 Å². The second-order valence-corrected chi connectivity index (χ2v) is 6.55. The van der Waals surface area contributed by atoms with Gasteiger partial charge in [-0.05, 0) is 49.3 Å². The van der Waals surface area contributed by atoms with Gasteiger partial charge in [0.1, 0.15) is 0 Å². The summed E-state index contributed by atoms with van der Waals surface area (Å²) in [7, 11) is 0.0366. The monoisotopic (exact) mass is 295 g/mol. The molecular weight excluding hydrogens is 272 g/mol. The summed E-state index contributed by atoms with van der Waals surface area (Å²) < 4.78 is 0. The molecule has 3 rings (SSSR count). The van der Waals surface area contributed by atoms with Crippen LogP contribution < -0.4 is 0 Å². The number of allylic oxidation sites excluding steroid dienone is 3. The Kier molecular flexibility index (Phi) is 6.36. The van der Waals surface area contributed by atoms with Crippen LogP contribution in [0.25, 0.3) is 0 Å². The number of benzene rings is 2. The Balaban J connectivity index is 0.000000774. The van der Waals surface area contributed by atoms with Crippen LogP contribution in [0.15, 0.2) is 93.6 Å². The highest BCUT2D eigenvalue weighted by Crippen LogP contribution is 2.32. The molecule has 0 N–H and O–H groups in total. The zero-order chi connectivity index (χ0) is 14.9. The first-order valence-corrected chi connectivity index (χ1v) is 8.89. The van der Waals surface area contributed by atoms with Crippen molar-refractivity contribution in [3.63, 3.8) is 0 Å². The van der Waals surface area contributed by atoms with E-state index in [1.54, 1.807) is 0 Å². The predicted octanol–water partition coefficient (Wildman–Crippen LogP) is 5.98. The Hall–Kier alpha value is -1.73. The average Bonchev–Trinajstić information content (AvgIpc) is 2.60. The summed E-state index contributed by atoms with van der Waals surface area (Å²) in [4.78, 5) is 4.24. The van der Waals surface area contributed by atoms with E-state index in [1.165, 1.54) is 21.1 Å². The SMILES string of the molecule is C1=CC([S+](c2ccccc2)c2ccccc2)=CCC1.CC. The molecule has 1 aliphatic carbocycles. The Bertz CT molecular complexity index is 542.